The molecule has 5 nitrogen and oxygen atoms in total. The fourth-order valence-electron chi connectivity index (χ4n) is 11.6. The van der Waals surface area contributed by atoms with Crippen LogP contribution in [0.3, 0.4) is 0 Å². The Hall–Kier alpha value is -7.89. The van der Waals surface area contributed by atoms with E-state index in [1.165, 1.54) is 67.0 Å². The Morgan fingerprint density at radius 2 is 0.855 bits per heavy atom. The average Bonchev–Trinajstić information content (AvgIpc) is 4.05. The second kappa shape index (κ2) is 18.7. The second-order valence-electron chi connectivity index (χ2n) is 24.7. The number of hydrogen-bond donors (Lipinski definition) is 0. The van der Waals surface area contributed by atoms with Gasteiger partial charge in [-0.25, -0.2) is 4.98 Å². The van der Waals surface area contributed by atoms with Crippen LogP contribution in [0.15, 0.2) is 206 Å². The normalized spacial score (nSPS) is 13.4. The van der Waals surface area contributed by atoms with E-state index in [0.717, 1.165) is 39.4 Å². The Balaban J connectivity index is 1.02. The molecule has 382 valence electrons. The van der Waals surface area contributed by atoms with Crippen molar-refractivity contribution in [3.63, 3.8) is 0 Å². The molecule has 2 aromatic heterocycles. The van der Waals surface area contributed by atoms with Crippen LogP contribution in [0, 0.1) is 0 Å². The number of rotatable bonds is 11. The van der Waals surface area contributed by atoms with E-state index in [2.05, 4.69) is 298 Å². The van der Waals surface area contributed by atoms with Crippen molar-refractivity contribution in [2.45, 2.75) is 110 Å². The third-order valence-corrected chi connectivity index (χ3v) is 16.5. The molecular formula is C71H72N4O. The van der Waals surface area contributed by atoms with Gasteiger partial charge in [0.2, 0.25) is 0 Å². The molecule has 0 aliphatic carbocycles. The fraction of sp³-hybridized carbons (Fsp3) is 0.254. The van der Waals surface area contributed by atoms with Crippen LogP contribution in [0.25, 0.3) is 27.6 Å². The maximum absolute atomic E-state index is 6.97. The topological polar surface area (TPSA) is 33.5 Å². The maximum Gasteiger partial charge on any atom is 0.137 e. The van der Waals surface area contributed by atoms with Crippen molar-refractivity contribution in [3.05, 3.63) is 251 Å². The lowest BCUT2D eigenvalue weighted by Gasteiger charge is -2.34. The summed E-state index contributed by atoms with van der Waals surface area (Å²) < 4.78 is 9.25. The number of hydrogen-bond acceptors (Lipinski definition) is 4. The van der Waals surface area contributed by atoms with Crippen LogP contribution in [0.1, 0.15) is 128 Å². The van der Waals surface area contributed by atoms with E-state index >= 15 is 0 Å². The highest BCUT2D eigenvalue weighted by Crippen LogP contribution is 2.51. The van der Waals surface area contributed by atoms with Crippen molar-refractivity contribution in [3.8, 4) is 17.3 Å². The van der Waals surface area contributed by atoms with Crippen molar-refractivity contribution in [1.82, 2.24) is 9.55 Å². The number of ether oxygens (including phenoxy) is 1. The highest BCUT2D eigenvalue weighted by Gasteiger charge is 2.37. The van der Waals surface area contributed by atoms with Crippen molar-refractivity contribution in [2.24, 2.45) is 0 Å². The van der Waals surface area contributed by atoms with Gasteiger partial charge in [0.25, 0.3) is 0 Å². The summed E-state index contributed by atoms with van der Waals surface area (Å²) >= 11 is 0. The number of anilines is 4. The van der Waals surface area contributed by atoms with Gasteiger partial charge in [-0.05, 0) is 122 Å². The van der Waals surface area contributed by atoms with Gasteiger partial charge in [0.15, 0.2) is 0 Å². The van der Waals surface area contributed by atoms with Gasteiger partial charge in [-0.3, -0.25) is 4.57 Å². The zero-order valence-corrected chi connectivity index (χ0v) is 46.5. The van der Waals surface area contributed by atoms with Crippen LogP contribution in [0.4, 0.5) is 22.7 Å². The zero-order chi connectivity index (χ0) is 53.4. The van der Waals surface area contributed by atoms with Gasteiger partial charge >= 0.3 is 0 Å². The van der Waals surface area contributed by atoms with Crippen LogP contribution >= 0.6 is 0 Å². The Labute approximate surface area is 451 Å². The minimum atomic E-state index is -0.267. The first-order valence-corrected chi connectivity index (χ1v) is 27.0. The van der Waals surface area contributed by atoms with Crippen molar-refractivity contribution in [2.75, 3.05) is 16.5 Å². The minimum absolute atomic E-state index is 0.0908. The lowest BCUT2D eigenvalue weighted by molar-refractivity contribution is 0.483. The highest BCUT2D eigenvalue weighted by atomic mass is 16.5. The van der Waals surface area contributed by atoms with Crippen molar-refractivity contribution >= 4 is 44.6 Å². The summed E-state index contributed by atoms with van der Waals surface area (Å²) in [6, 6.07) is 73.1. The van der Waals surface area contributed by atoms with Crippen LogP contribution in [0.2, 0.25) is 0 Å². The quantitative estimate of drug-likeness (QED) is 0.129. The maximum atomic E-state index is 6.97. The summed E-state index contributed by atoms with van der Waals surface area (Å²) in [5.41, 5.74) is 16.1. The first kappa shape index (κ1) is 50.3. The summed E-state index contributed by atoms with van der Waals surface area (Å²) in [5, 5.41) is 2.32. The molecule has 0 bridgehead atoms. The van der Waals surface area contributed by atoms with E-state index in [1.54, 1.807) is 0 Å². The number of fused-ring (bicyclic) bond motifs is 4. The Morgan fingerprint density at radius 3 is 1.41 bits per heavy atom. The van der Waals surface area contributed by atoms with Crippen LogP contribution in [0.5, 0.6) is 11.5 Å². The molecule has 0 unspecified atom stereocenters. The lowest BCUT2D eigenvalue weighted by atomic mass is 9.73. The highest BCUT2D eigenvalue weighted by molar-refractivity contribution is 6.09. The van der Waals surface area contributed by atoms with Gasteiger partial charge in [0.05, 0.1) is 22.4 Å². The van der Waals surface area contributed by atoms with Gasteiger partial charge in [-0.2, -0.15) is 0 Å². The third-order valence-electron chi connectivity index (χ3n) is 16.5. The van der Waals surface area contributed by atoms with Gasteiger partial charge in [0, 0.05) is 56.7 Å². The largest absolute Gasteiger partial charge is 0.457 e. The first-order valence-electron chi connectivity index (χ1n) is 27.0. The molecule has 1 aliphatic heterocycles. The smallest absolute Gasteiger partial charge is 0.137 e. The molecule has 0 saturated carbocycles. The lowest BCUT2D eigenvalue weighted by Crippen LogP contribution is -2.27. The summed E-state index contributed by atoms with van der Waals surface area (Å²) in [7, 11) is 0. The molecule has 3 heterocycles. The van der Waals surface area contributed by atoms with Crippen LogP contribution in [-0.2, 0) is 27.1 Å². The van der Waals surface area contributed by atoms with E-state index in [9.17, 15) is 0 Å². The van der Waals surface area contributed by atoms with Gasteiger partial charge in [-0.15, -0.1) is 0 Å². The SMILES string of the molecule is CC(C)(C)c1cc2c(cc1C(C)(C)C)N(c1cc(C(C)(C)c3ccccc3)cc(C(C)(C)c3ccccc3)c1)CN2c1cccc(Oc2ccc3c4ccccc4n(-c4cc(C(C)(C)c5ccccc5)ccn4)c3c2)c1. The third kappa shape index (κ3) is 9.04. The zero-order valence-electron chi connectivity index (χ0n) is 46.5. The number of nitrogens with zero attached hydrogens (tertiary/aromatic N) is 4. The van der Waals surface area contributed by atoms with Gasteiger partial charge in [0.1, 0.15) is 24.0 Å². The summed E-state index contributed by atoms with van der Waals surface area (Å²) in [6.45, 7) is 28.7. The number of aromatic nitrogens is 2. The van der Waals surface area contributed by atoms with Crippen LogP contribution < -0.4 is 14.5 Å². The van der Waals surface area contributed by atoms with Gasteiger partial charge in [-0.1, -0.05) is 204 Å². The summed E-state index contributed by atoms with van der Waals surface area (Å²) in [5.74, 6) is 2.40. The number of para-hydroxylation sites is 1. The minimum Gasteiger partial charge on any atom is -0.457 e. The van der Waals surface area contributed by atoms with Crippen LogP contribution in [-0.4, -0.2) is 16.2 Å². The number of pyridine rings is 1. The van der Waals surface area contributed by atoms with E-state index in [4.69, 9.17) is 9.72 Å². The molecular weight excluding hydrogens is 925 g/mol. The first-order chi connectivity index (χ1) is 36.2. The summed E-state index contributed by atoms with van der Waals surface area (Å²) in [4.78, 5) is 10.1. The predicted molar refractivity (Wildman–Crippen MR) is 320 cm³/mol. The van der Waals surface area contributed by atoms with E-state index < -0.39 is 0 Å². The molecule has 0 fully saturated rings. The molecule has 1 aliphatic rings. The molecule has 10 aromatic rings. The predicted octanol–water partition coefficient (Wildman–Crippen LogP) is 18.8. The Morgan fingerprint density at radius 1 is 0.368 bits per heavy atom. The monoisotopic (exact) mass is 997 g/mol. The van der Waals surface area contributed by atoms with Crippen molar-refractivity contribution < 1.29 is 4.74 Å². The van der Waals surface area contributed by atoms with E-state index in [-0.39, 0.29) is 27.1 Å². The molecule has 0 amide bonds. The summed E-state index contributed by atoms with van der Waals surface area (Å²) in [6.07, 6.45) is 1.94. The standard InChI is InChI=1S/C71H72N4O/c1-67(2,3)60-45-64-65(46-61(60)68(4,5)6)74(55-40-52(70(9,10)49-27-18-14-19-28-49)39-53(41-55)71(11,12)50-29-20-15-21-30-50)47-73(64)54-31-24-32-56(43-54)76-57-35-36-59-58-33-22-23-34-62(58)75(63(59)44-57)66-42-51(37-38-72-66)69(7,8)48-25-16-13-17-26-48/h13-46H,47H2,1-12H3. The molecule has 0 spiro atoms. The number of benzene rings is 8. The Bertz CT molecular complexity index is 3690. The van der Waals surface area contributed by atoms with Gasteiger partial charge < -0.3 is 14.5 Å². The van der Waals surface area contributed by atoms with E-state index in [1.807, 2.05) is 6.20 Å². The molecule has 0 saturated heterocycles. The molecule has 0 radical (unpaired) electrons. The average molecular weight is 997 g/mol. The molecule has 8 aromatic carbocycles. The molecule has 0 atom stereocenters. The molecule has 0 N–H and O–H groups in total. The van der Waals surface area contributed by atoms with E-state index in [0.29, 0.717) is 6.67 Å². The fourth-order valence-corrected chi connectivity index (χ4v) is 11.6. The van der Waals surface area contributed by atoms with Crippen molar-refractivity contribution in [1.29, 1.82) is 0 Å². The molecule has 11 rings (SSSR count). The molecule has 5 heteroatoms. The Kier molecular flexibility index (Phi) is 12.4. The molecule has 76 heavy (non-hydrogen) atoms. The second-order valence-corrected chi connectivity index (χ2v) is 24.7.